The molecule has 2 heteroatoms. The number of hydrogen-bond donors (Lipinski definition) is 0. The SMILES string of the molecule is Clc1ccc(-c2ccccc2-c2ccc3c4ccccc4n(-c4ccccc4)c3c2)cc1. The number of nitrogens with zero attached hydrogens (tertiary/aromatic N) is 1. The third kappa shape index (κ3) is 3.10. The molecule has 152 valence electrons. The van der Waals surface area contributed by atoms with Crippen LogP contribution in [0.25, 0.3) is 49.7 Å². The van der Waals surface area contributed by atoms with E-state index >= 15 is 0 Å². The van der Waals surface area contributed by atoms with E-state index in [0.717, 1.165) is 10.6 Å². The summed E-state index contributed by atoms with van der Waals surface area (Å²) >= 11 is 6.13. The zero-order valence-electron chi connectivity index (χ0n) is 17.4. The molecule has 0 radical (unpaired) electrons. The summed E-state index contributed by atoms with van der Waals surface area (Å²) in [6.07, 6.45) is 0. The Labute approximate surface area is 192 Å². The molecule has 0 amide bonds. The number of para-hydroxylation sites is 2. The molecule has 0 atom stereocenters. The van der Waals surface area contributed by atoms with Crippen molar-refractivity contribution < 1.29 is 0 Å². The Morgan fingerprint density at radius 3 is 1.84 bits per heavy atom. The van der Waals surface area contributed by atoms with Crippen molar-refractivity contribution >= 4 is 33.4 Å². The van der Waals surface area contributed by atoms with Gasteiger partial charge in [0.1, 0.15) is 0 Å². The number of hydrogen-bond acceptors (Lipinski definition) is 0. The van der Waals surface area contributed by atoms with Crippen LogP contribution < -0.4 is 0 Å². The van der Waals surface area contributed by atoms with Crippen LogP contribution in [0.5, 0.6) is 0 Å². The van der Waals surface area contributed by atoms with Crippen molar-refractivity contribution in [3.05, 3.63) is 126 Å². The van der Waals surface area contributed by atoms with Gasteiger partial charge in [0.2, 0.25) is 0 Å². The highest BCUT2D eigenvalue weighted by Crippen LogP contribution is 2.37. The largest absolute Gasteiger partial charge is 0.309 e. The highest BCUT2D eigenvalue weighted by Gasteiger charge is 2.14. The van der Waals surface area contributed by atoms with Crippen LogP contribution in [0.15, 0.2) is 121 Å². The third-order valence-electron chi connectivity index (χ3n) is 6.08. The lowest BCUT2D eigenvalue weighted by molar-refractivity contribution is 1.18. The molecule has 0 fully saturated rings. The lowest BCUT2D eigenvalue weighted by Crippen LogP contribution is -1.93. The Morgan fingerprint density at radius 1 is 0.469 bits per heavy atom. The smallest absolute Gasteiger partial charge is 0.0547 e. The second kappa shape index (κ2) is 7.71. The Balaban J connectivity index is 1.62. The maximum atomic E-state index is 6.13. The minimum absolute atomic E-state index is 0.750. The molecule has 1 heterocycles. The molecule has 0 aliphatic heterocycles. The molecule has 0 unspecified atom stereocenters. The summed E-state index contributed by atoms with van der Waals surface area (Å²) < 4.78 is 2.36. The molecule has 1 aromatic heterocycles. The van der Waals surface area contributed by atoms with E-state index in [2.05, 4.69) is 114 Å². The fourth-order valence-corrected chi connectivity index (χ4v) is 4.74. The van der Waals surface area contributed by atoms with E-state index in [4.69, 9.17) is 11.6 Å². The van der Waals surface area contributed by atoms with Crippen LogP contribution in [0.1, 0.15) is 0 Å². The average molecular weight is 430 g/mol. The van der Waals surface area contributed by atoms with Crippen LogP contribution >= 0.6 is 11.6 Å². The Kier molecular flexibility index (Phi) is 4.56. The second-order valence-electron chi connectivity index (χ2n) is 7.97. The quantitative estimate of drug-likeness (QED) is 0.265. The van der Waals surface area contributed by atoms with E-state index in [1.165, 1.54) is 44.2 Å². The summed E-state index contributed by atoms with van der Waals surface area (Å²) in [4.78, 5) is 0. The van der Waals surface area contributed by atoms with E-state index in [1.807, 2.05) is 12.1 Å². The molecular weight excluding hydrogens is 410 g/mol. The van der Waals surface area contributed by atoms with Crippen LogP contribution in [-0.2, 0) is 0 Å². The van der Waals surface area contributed by atoms with Gasteiger partial charge in [-0.05, 0) is 58.7 Å². The molecule has 1 nitrogen and oxygen atoms in total. The first-order chi connectivity index (χ1) is 15.8. The maximum absolute atomic E-state index is 6.13. The van der Waals surface area contributed by atoms with Crippen LogP contribution in [0.4, 0.5) is 0 Å². The van der Waals surface area contributed by atoms with Crippen molar-refractivity contribution in [2.45, 2.75) is 0 Å². The molecule has 5 aromatic carbocycles. The summed E-state index contributed by atoms with van der Waals surface area (Å²) in [5.74, 6) is 0. The van der Waals surface area contributed by atoms with Gasteiger partial charge in [0.15, 0.2) is 0 Å². The molecule has 6 rings (SSSR count). The van der Waals surface area contributed by atoms with Gasteiger partial charge in [-0.1, -0.05) is 96.5 Å². The molecule has 0 spiro atoms. The van der Waals surface area contributed by atoms with Crippen molar-refractivity contribution in [2.75, 3.05) is 0 Å². The van der Waals surface area contributed by atoms with Gasteiger partial charge in [-0.15, -0.1) is 0 Å². The summed E-state index contributed by atoms with van der Waals surface area (Å²) in [5, 5.41) is 3.28. The molecule has 0 N–H and O–H groups in total. The van der Waals surface area contributed by atoms with Gasteiger partial charge in [-0.25, -0.2) is 0 Å². The van der Waals surface area contributed by atoms with Crippen LogP contribution in [-0.4, -0.2) is 4.57 Å². The molecule has 6 aromatic rings. The summed E-state index contributed by atoms with van der Waals surface area (Å²) in [7, 11) is 0. The fourth-order valence-electron chi connectivity index (χ4n) is 4.61. The van der Waals surface area contributed by atoms with Crippen molar-refractivity contribution in [3.8, 4) is 27.9 Å². The lowest BCUT2D eigenvalue weighted by Gasteiger charge is -2.12. The van der Waals surface area contributed by atoms with Crippen molar-refractivity contribution in [2.24, 2.45) is 0 Å². The van der Waals surface area contributed by atoms with E-state index < -0.39 is 0 Å². The number of halogens is 1. The summed E-state index contributed by atoms with van der Waals surface area (Å²) in [5.41, 5.74) is 8.36. The minimum atomic E-state index is 0.750. The van der Waals surface area contributed by atoms with Gasteiger partial charge in [0.05, 0.1) is 11.0 Å². The predicted molar refractivity (Wildman–Crippen MR) is 137 cm³/mol. The molecular formula is C30H20ClN. The van der Waals surface area contributed by atoms with Gasteiger partial charge in [0, 0.05) is 21.5 Å². The lowest BCUT2D eigenvalue weighted by atomic mass is 9.94. The molecule has 32 heavy (non-hydrogen) atoms. The number of rotatable bonds is 3. The zero-order chi connectivity index (χ0) is 21.5. The normalized spacial score (nSPS) is 11.3. The van der Waals surface area contributed by atoms with Gasteiger partial charge in [-0.3, -0.25) is 0 Å². The zero-order valence-corrected chi connectivity index (χ0v) is 18.1. The first-order valence-corrected chi connectivity index (χ1v) is 11.1. The summed E-state index contributed by atoms with van der Waals surface area (Å²) in [6.45, 7) is 0. The number of benzene rings is 5. The molecule has 0 saturated carbocycles. The molecule has 0 aliphatic rings. The molecule has 0 aliphatic carbocycles. The Bertz CT molecular complexity index is 1560. The molecule has 0 bridgehead atoms. The van der Waals surface area contributed by atoms with E-state index in [1.54, 1.807) is 0 Å². The minimum Gasteiger partial charge on any atom is -0.309 e. The van der Waals surface area contributed by atoms with Crippen molar-refractivity contribution in [1.82, 2.24) is 4.57 Å². The van der Waals surface area contributed by atoms with E-state index in [0.29, 0.717) is 0 Å². The second-order valence-corrected chi connectivity index (χ2v) is 8.41. The van der Waals surface area contributed by atoms with Crippen LogP contribution in [0.3, 0.4) is 0 Å². The van der Waals surface area contributed by atoms with Gasteiger partial charge >= 0.3 is 0 Å². The van der Waals surface area contributed by atoms with E-state index in [9.17, 15) is 0 Å². The van der Waals surface area contributed by atoms with Gasteiger partial charge in [0.25, 0.3) is 0 Å². The first-order valence-electron chi connectivity index (χ1n) is 10.7. The van der Waals surface area contributed by atoms with Crippen molar-refractivity contribution in [1.29, 1.82) is 0 Å². The monoisotopic (exact) mass is 429 g/mol. The van der Waals surface area contributed by atoms with Crippen molar-refractivity contribution in [3.63, 3.8) is 0 Å². The highest BCUT2D eigenvalue weighted by atomic mass is 35.5. The average Bonchev–Trinajstić information content (AvgIpc) is 3.19. The standard InChI is InChI=1S/C30H20ClN/c31-23-17-14-21(15-18-23)25-10-4-5-11-26(25)22-16-19-28-27-12-6-7-13-29(27)32(30(28)20-22)24-8-2-1-3-9-24/h1-20H. The topological polar surface area (TPSA) is 4.93 Å². The molecule has 0 saturated heterocycles. The van der Waals surface area contributed by atoms with Gasteiger partial charge in [-0.2, -0.15) is 0 Å². The Hall–Kier alpha value is -3.81. The van der Waals surface area contributed by atoms with Crippen LogP contribution in [0.2, 0.25) is 5.02 Å². The maximum Gasteiger partial charge on any atom is 0.0547 e. The third-order valence-corrected chi connectivity index (χ3v) is 6.33. The first kappa shape index (κ1) is 18.9. The fraction of sp³-hybridized carbons (Fsp3) is 0. The number of fused-ring (bicyclic) bond motifs is 3. The Morgan fingerprint density at radius 2 is 1.06 bits per heavy atom. The summed E-state index contributed by atoms with van der Waals surface area (Å²) in [6, 6.07) is 42.6. The van der Waals surface area contributed by atoms with Crippen LogP contribution in [0, 0.1) is 0 Å². The van der Waals surface area contributed by atoms with Gasteiger partial charge < -0.3 is 4.57 Å². The van der Waals surface area contributed by atoms with E-state index in [-0.39, 0.29) is 0 Å². The number of aromatic nitrogens is 1. The highest BCUT2D eigenvalue weighted by molar-refractivity contribution is 6.30. The predicted octanol–water partition coefficient (Wildman–Crippen LogP) is 8.77.